The maximum atomic E-state index is 12.4. The van der Waals surface area contributed by atoms with Crippen molar-refractivity contribution in [1.82, 2.24) is 4.98 Å². The quantitative estimate of drug-likeness (QED) is 0.358. The Morgan fingerprint density at radius 2 is 2.00 bits per heavy atom. The van der Waals surface area contributed by atoms with Crippen LogP contribution in [-0.2, 0) is 20.7 Å². The van der Waals surface area contributed by atoms with Gasteiger partial charge < -0.3 is 19.8 Å². The van der Waals surface area contributed by atoms with Gasteiger partial charge in [0.1, 0.15) is 5.75 Å². The number of fused-ring (bicyclic) bond motifs is 1. The second-order valence-electron chi connectivity index (χ2n) is 6.30. The van der Waals surface area contributed by atoms with Crippen LogP contribution in [0.4, 0.5) is 11.4 Å². The van der Waals surface area contributed by atoms with Gasteiger partial charge >= 0.3 is 5.97 Å². The predicted octanol–water partition coefficient (Wildman–Crippen LogP) is 3.20. The first-order valence-electron chi connectivity index (χ1n) is 8.77. The van der Waals surface area contributed by atoms with Crippen molar-refractivity contribution in [2.24, 2.45) is 0 Å². The molecule has 2 N–H and O–H groups in total. The molecular weight excluding hydrogens is 378 g/mol. The summed E-state index contributed by atoms with van der Waals surface area (Å²) in [6.07, 6.45) is 0.688. The molecule has 1 aromatic heterocycles. The van der Waals surface area contributed by atoms with Gasteiger partial charge in [-0.3, -0.25) is 19.7 Å². The molecule has 3 aromatic rings. The first-order valence-corrected chi connectivity index (χ1v) is 8.77. The second kappa shape index (κ2) is 8.42. The van der Waals surface area contributed by atoms with E-state index in [4.69, 9.17) is 9.47 Å². The van der Waals surface area contributed by atoms with Crippen molar-refractivity contribution in [2.45, 2.75) is 19.4 Å². The number of nitro groups is 1. The van der Waals surface area contributed by atoms with Crippen LogP contribution in [0.2, 0.25) is 0 Å². The summed E-state index contributed by atoms with van der Waals surface area (Å²) in [4.78, 5) is 38.0. The number of H-pyrrole nitrogens is 1. The number of hydrogen-bond acceptors (Lipinski definition) is 6. The van der Waals surface area contributed by atoms with Gasteiger partial charge in [0.25, 0.3) is 11.6 Å². The molecule has 0 fully saturated rings. The number of nitrogens with zero attached hydrogens (tertiary/aromatic N) is 1. The first-order chi connectivity index (χ1) is 13.9. The van der Waals surface area contributed by atoms with E-state index in [2.05, 4.69) is 10.3 Å². The normalized spacial score (nSPS) is 11.7. The Morgan fingerprint density at radius 1 is 1.24 bits per heavy atom. The van der Waals surface area contributed by atoms with E-state index in [1.54, 1.807) is 6.20 Å². The van der Waals surface area contributed by atoms with Crippen molar-refractivity contribution in [3.05, 3.63) is 64.3 Å². The van der Waals surface area contributed by atoms with E-state index in [9.17, 15) is 19.7 Å². The molecule has 0 aliphatic rings. The van der Waals surface area contributed by atoms with Crippen molar-refractivity contribution < 1.29 is 24.0 Å². The SMILES string of the molecule is COc1cc([N+](=O)[O-])ccc1NC(=O)[C@@H](C)OC(=O)Cc1c[nH]c2ccccc12. The molecule has 0 aliphatic carbocycles. The fourth-order valence-electron chi connectivity index (χ4n) is 2.86. The van der Waals surface area contributed by atoms with Crippen LogP contribution in [-0.4, -0.2) is 35.0 Å². The Balaban J connectivity index is 1.63. The second-order valence-corrected chi connectivity index (χ2v) is 6.30. The van der Waals surface area contributed by atoms with Gasteiger partial charge in [0.15, 0.2) is 6.10 Å². The van der Waals surface area contributed by atoms with Gasteiger partial charge in [-0.05, 0) is 24.6 Å². The molecule has 0 aliphatic heterocycles. The largest absolute Gasteiger partial charge is 0.494 e. The maximum Gasteiger partial charge on any atom is 0.311 e. The van der Waals surface area contributed by atoms with Gasteiger partial charge in [-0.25, -0.2) is 0 Å². The molecule has 0 radical (unpaired) electrons. The van der Waals surface area contributed by atoms with Gasteiger partial charge in [0, 0.05) is 23.2 Å². The minimum Gasteiger partial charge on any atom is -0.494 e. The van der Waals surface area contributed by atoms with Crippen molar-refractivity contribution in [1.29, 1.82) is 0 Å². The van der Waals surface area contributed by atoms with Gasteiger partial charge in [0.05, 0.1) is 30.2 Å². The minimum absolute atomic E-state index is 0.0164. The monoisotopic (exact) mass is 397 g/mol. The lowest BCUT2D eigenvalue weighted by molar-refractivity contribution is -0.384. The third-order valence-electron chi connectivity index (χ3n) is 4.34. The first kappa shape index (κ1) is 19.9. The highest BCUT2D eigenvalue weighted by molar-refractivity contribution is 5.96. The number of benzene rings is 2. The van der Waals surface area contributed by atoms with Crippen molar-refractivity contribution >= 4 is 34.2 Å². The number of carbonyl (C=O) groups is 2. The Kier molecular flexibility index (Phi) is 5.77. The van der Waals surface area contributed by atoms with Crippen LogP contribution < -0.4 is 10.1 Å². The smallest absolute Gasteiger partial charge is 0.311 e. The van der Waals surface area contributed by atoms with Crippen molar-refractivity contribution in [2.75, 3.05) is 12.4 Å². The third-order valence-corrected chi connectivity index (χ3v) is 4.34. The summed E-state index contributed by atoms with van der Waals surface area (Å²) in [5.74, 6) is -0.998. The number of aromatic amines is 1. The molecule has 3 rings (SSSR count). The van der Waals surface area contributed by atoms with E-state index >= 15 is 0 Å². The summed E-state index contributed by atoms with van der Waals surface area (Å²) in [5.41, 5.74) is 1.75. The summed E-state index contributed by atoms with van der Waals surface area (Å²) < 4.78 is 10.3. The van der Waals surface area contributed by atoms with Gasteiger partial charge in [-0.1, -0.05) is 18.2 Å². The Hall–Kier alpha value is -3.88. The van der Waals surface area contributed by atoms with Gasteiger partial charge in [-0.15, -0.1) is 0 Å². The number of para-hydroxylation sites is 1. The van der Waals surface area contributed by atoms with Crippen LogP contribution in [0.5, 0.6) is 5.75 Å². The third kappa shape index (κ3) is 4.52. The Labute approximate surface area is 165 Å². The van der Waals surface area contributed by atoms with Crippen LogP contribution in [0.15, 0.2) is 48.7 Å². The molecule has 0 saturated carbocycles. The molecular formula is C20H19N3O6. The summed E-state index contributed by atoms with van der Waals surface area (Å²) >= 11 is 0. The molecule has 0 saturated heterocycles. The standard InChI is InChI=1S/C20H19N3O6/c1-12(20(25)22-17-8-7-14(23(26)27)10-18(17)28-2)29-19(24)9-13-11-21-16-6-4-3-5-15(13)16/h3-8,10-12,21H,9H2,1-2H3,(H,22,25)/t12-/m1/s1. The minimum atomic E-state index is -1.06. The lowest BCUT2D eigenvalue weighted by Gasteiger charge is -2.15. The van der Waals surface area contributed by atoms with E-state index < -0.39 is 22.9 Å². The van der Waals surface area contributed by atoms with Crippen LogP contribution in [0, 0.1) is 10.1 Å². The molecule has 0 unspecified atom stereocenters. The number of rotatable bonds is 7. The molecule has 1 atom stereocenters. The molecule has 0 bridgehead atoms. The zero-order chi connectivity index (χ0) is 21.0. The number of ether oxygens (including phenoxy) is 2. The van der Waals surface area contributed by atoms with Crippen LogP contribution >= 0.6 is 0 Å². The van der Waals surface area contributed by atoms with Crippen LogP contribution in [0.3, 0.4) is 0 Å². The zero-order valence-corrected chi connectivity index (χ0v) is 15.8. The molecule has 29 heavy (non-hydrogen) atoms. The van der Waals surface area contributed by atoms with E-state index in [1.807, 2.05) is 24.3 Å². The molecule has 1 amide bonds. The number of methoxy groups -OCH3 is 1. The number of esters is 1. The number of non-ortho nitro benzene ring substituents is 1. The highest BCUT2D eigenvalue weighted by Crippen LogP contribution is 2.29. The van der Waals surface area contributed by atoms with E-state index in [1.165, 1.54) is 32.2 Å². The lowest BCUT2D eigenvalue weighted by atomic mass is 10.1. The number of aromatic nitrogens is 1. The van der Waals surface area contributed by atoms with Crippen molar-refractivity contribution in [3.63, 3.8) is 0 Å². The summed E-state index contributed by atoms with van der Waals surface area (Å²) in [6, 6.07) is 11.4. The Morgan fingerprint density at radius 3 is 2.72 bits per heavy atom. The molecule has 0 spiro atoms. The number of nitrogens with one attached hydrogen (secondary N) is 2. The molecule has 1 heterocycles. The van der Waals surface area contributed by atoms with E-state index in [0.717, 1.165) is 16.5 Å². The van der Waals surface area contributed by atoms with Crippen LogP contribution in [0.25, 0.3) is 10.9 Å². The number of nitro benzene ring substituents is 1. The summed E-state index contributed by atoms with van der Waals surface area (Å²) in [5, 5.41) is 14.3. The number of anilines is 1. The van der Waals surface area contributed by atoms with Gasteiger partial charge in [-0.2, -0.15) is 0 Å². The van der Waals surface area contributed by atoms with Gasteiger partial charge in [0.2, 0.25) is 0 Å². The fraction of sp³-hybridized carbons (Fsp3) is 0.200. The van der Waals surface area contributed by atoms with E-state index in [0.29, 0.717) is 0 Å². The predicted molar refractivity (Wildman–Crippen MR) is 106 cm³/mol. The number of hydrogen-bond donors (Lipinski definition) is 2. The molecule has 9 nitrogen and oxygen atoms in total. The summed E-state index contributed by atoms with van der Waals surface area (Å²) in [6.45, 7) is 1.44. The average Bonchev–Trinajstić information content (AvgIpc) is 3.10. The highest BCUT2D eigenvalue weighted by atomic mass is 16.6. The number of amides is 1. The highest BCUT2D eigenvalue weighted by Gasteiger charge is 2.21. The van der Waals surface area contributed by atoms with E-state index in [-0.39, 0.29) is 23.5 Å². The lowest BCUT2D eigenvalue weighted by Crippen LogP contribution is -2.30. The maximum absolute atomic E-state index is 12.4. The number of carbonyl (C=O) groups excluding carboxylic acids is 2. The topological polar surface area (TPSA) is 124 Å². The van der Waals surface area contributed by atoms with Crippen LogP contribution in [0.1, 0.15) is 12.5 Å². The molecule has 2 aromatic carbocycles. The zero-order valence-electron chi connectivity index (χ0n) is 15.8. The average molecular weight is 397 g/mol. The Bertz CT molecular complexity index is 1080. The summed E-state index contributed by atoms with van der Waals surface area (Å²) in [7, 11) is 1.33. The van der Waals surface area contributed by atoms with Crippen molar-refractivity contribution in [3.8, 4) is 5.75 Å². The fourth-order valence-corrected chi connectivity index (χ4v) is 2.86. The molecule has 9 heteroatoms. The molecule has 150 valence electrons.